The van der Waals surface area contributed by atoms with Crippen molar-refractivity contribution in [3.05, 3.63) is 30.3 Å². The van der Waals surface area contributed by atoms with Crippen LogP contribution in [-0.4, -0.2) is 38.4 Å². The van der Waals surface area contributed by atoms with Crippen molar-refractivity contribution in [2.45, 2.75) is 25.8 Å². The fourth-order valence-corrected chi connectivity index (χ4v) is 0.817. The van der Waals surface area contributed by atoms with Crippen molar-refractivity contribution in [2.75, 3.05) is 6.54 Å². The number of nitrogens with zero attached hydrogens (tertiary/aromatic N) is 4. The van der Waals surface area contributed by atoms with Gasteiger partial charge in [0.1, 0.15) is 9.85 Å². The fourth-order valence-electron chi connectivity index (χ4n) is 0.817. The molecule has 0 aliphatic heterocycles. The number of rotatable bonds is 6. The maximum Gasteiger partial charge on any atom is 0.637 e. The van der Waals surface area contributed by atoms with Gasteiger partial charge < -0.3 is 0 Å². The zero-order chi connectivity index (χ0) is 13.1. The molecule has 10 nitrogen and oxygen atoms in total. The first-order chi connectivity index (χ1) is 7.12. The lowest BCUT2D eigenvalue weighted by Crippen LogP contribution is -2.54. The van der Waals surface area contributed by atoms with Crippen molar-refractivity contribution in [2.24, 2.45) is 0 Å². The normalized spacial score (nSPS) is 11.2. The van der Waals surface area contributed by atoms with Crippen LogP contribution in [0.5, 0.6) is 0 Å². The first kappa shape index (κ1) is 13.9. The molecule has 0 aliphatic carbocycles. The summed E-state index contributed by atoms with van der Waals surface area (Å²) in [4.78, 5) is 27.2. The Morgan fingerprint density at radius 1 is 1.19 bits per heavy atom. The highest BCUT2D eigenvalue weighted by atomic mass is 19.2. The predicted octanol–water partition coefficient (Wildman–Crippen LogP) is 0.0652. The van der Waals surface area contributed by atoms with E-state index < -0.39 is 33.4 Å². The average Bonchev–Trinajstić information content (AvgIpc) is 2.11. The van der Waals surface area contributed by atoms with E-state index >= 15 is 0 Å². The van der Waals surface area contributed by atoms with Crippen LogP contribution < -0.4 is 0 Å². The lowest BCUT2D eigenvalue weighted by molar-refractivity contribution is -0.842. The van der Waals surface area contributed by atoms with Crippen LogP contribution in [0.4, 0.5) is 4.39 Å². The molecule has 0 radical (unpaired) electrons. The molecule has 0 saturated heterocycles. The van der Waals surface area contributed by atoms with E-state index in [0.717, 1.165) is 0 Å². The summed E-state index contributed by atoms with van der Waals surface area (Å²) in [5, 5.41) is 29.7. The predicted molar refractivity (Wildman–Crippen MR) is 46.7 cm³/mol. The van der Waals surface area contributed by atoms with Crippen molar-refractivity contribution in [3.8, 4) is 0 Å². The van der Waals surface area contributed by atoms with Crippen molar-refractivity contribution in [3.63, 3.8) is 0 Å². The molecule has 0 atom stereocenters. The van der Waals surface area contributed by atoms with Crippen LogP contribution in [0.15, 0.2) is 0 Å². The molecule has 0 aliphatic rings. The van der Waals surface area contributed by atoms with Gasteiger partial charge in [0.2, 0.25) is 0 Å². The van der Waals surface area contributed by atoms with Crippen LogP contribution in [0.2, 0.25) is 0 Å². The van der Waals surface area contributed by atoms with E-state index in [1.54, 1.807) is 0 Å². The van der Waals surface area contributed by atoms with Gasteiger partial charge in [-0.3, -0.25) is 20.2 Å². The Morgan fingerprint density at radius 2 is 1.56 bits per heavy atom. The van der Waals surface area contributed by atoms with E-state index in [-0.39, 0.29) is 5.01 Å². The topological polar surface area (TPSA) is 133 Å². The summed E-state index contributed by atoms with van der Waals surface area (Å²) in [6.45, 7) is 0.948. The summed E-state index contributed by atoms with van der Waals surface area (Å²) in [6.07, 6.45) is 0. The summed E-state index contributed by atoms with van der Waals surface area (Å²) in [7, 11) is 0. The number of alkyl halides is 1. The molecular formula is C5H9FN4O6. The van der Waals surface area contributed by atoms with E-state index in [1.165, 1.54) is 13.8 Å². The standard InChI is InChI=1S/C5H9FN4O6/c1-4(2)7(10(15)16)3-5(6,8(11)12)9(13)14/h4H,3H2,1-2H3. The Hall–Kier alpha value is -2.07. The summed E-state index contributed by atoms with van der Waals surface area (Å²) in [5.74, 6) is -4.09. The third-order valence-electron chi connectivity index (χ3n) is 1.73. The Kier molecular flexibility index (Phi) is 4.03. The van der Waals surface area contributed by atoms with Gasteiger partial charge in [0, 0.05) is 0 Å². The second kappa shape index (κ2) is 4.63. The van der Waals surface area contributed by atoms with Gasteiger partial charge in [-0.15, -0.1) is 5.01 Å². The van der Waals surface area contributed by atoms with Crippen molar-refractivity contribution < 1.29 is 19.3 Å². The third kappa shape index (κ3) is 2.71. The molecule has 0 N–H and O–H groups in total. The van der Waals surface area contributed by atoms with Crippen LogP contribution in [0, 0.1) is 30.3 Å². The minimum Gasteiger partial charge on any atom is -0.256 e. The van der Waals surface area contributed by atoms with E-state index in [9.17, 15) is 34.7 Å². The number of hydrazine groups is 1. The SMILES string of the molecule is CC(C)N(CC(F)([N+](=O)[O-])[N+](=O)[O-])[N+](=O)[O-]. The number of hydrogen-bond acceptors (Lipinski definition) is 6. The lowest BCUT2D eigenvalue weighted by atomic mass is 10.3. The molecule has 0 saturated carbocycles. The third-order valence-corrected chi connectivity index (χ3v) is 1.73. The van der Waals surface area contributed by atoms with E-state index in [2.05, 4.69) is 0 Å². The molecule has 0 bridgehead atoms. The molecule has 0 heterocycles. The molecule has 0 spiro atoms. The number of hydrogen-bond donors (Lipinski definition) is 0. The minimum absolute atomic E-state index is 0.0889. The van der Waals surface area contributed by atoms with Gasteiger partial charge in [0.15, 0.2) is 5.03 Å². The molecule has 0 aromatic rings. The molecule has 0 amide bonds. The zero-order valence-corrected chi connectivity index (χ0v) is 8.40. The molecule has 0 rings (SSSR count). The minimum atomic E-state index is -4.09. The number of nitro groups is 3. The summed E-state index contributed by atoms with van der Waals surface area (Å²) in [5.41, 5.74) is 0. The van der Waals surface area contributed by atoms with E-state index in [1.807, 2.05) is 0 Å². The summed E-state index contributed by atoms with van der Waals surface area (Å²) < 4.78 is 13.3. The molecular weight excluding hydrogens is 231 g/mol. The molecule has 92 valence electrons. The van der Waals surface area contributed by atoms with Crippen molar-refractivity contribution in [1.29, 1.82) is 0 Å². The van der Waals surface area contributed by atoms with Crippen LogP contribution >= 0.6 is 0 Å². The molecule has 11 heteroatoms. The zero-order valence-electron chi connectivity index (χ0n) is 8.40. The van der Waals surface area contributed by atoms with Crippen LogP contribution in [-0.2, 0) is 0 Å². The van der Waals surface area contributed by atoms with E-state index in [0.29, 0.717) is 0 Å². The Morgan fingerprint density at radius 3 is 1.75 bits per heavy atom. The van der Waals surface area contributed by atoms with Crippen LogP contribution in [0.1, 0.15) is 13.8 Å². The van der Waals surface area contributed by atoms with Gasteiger partial charge in [-0.25, -0.2) is 10.1 Å². The van der Waals surface area contributed by atoms with Gasteiger partial charge in [-0.05, 0) is 13.8 Å². The smallest absolute Gasteiger partial charge is 0.256 e. The molecule has 16 heavy (non-hydrogen) atoms. The highest BCUT2D eigenvalue weighted by Gasteiger charge is 2.61. The second-order valence-electron chi connectivity index (χ2n) is 3.16. The maximum absolute atomic E-state index is 13.3. The van der Waals surface area contributed by atoms with Crippen molar-refractivity contribution in [1.82, 2.24) is 5.01 Å². The van der Waals surface area contributed by atoms with Gasteiger partial charge in [-0.2, -0.15) is 0 Å². The maximum atomic E-state index is 13.3. The highest BCUT2D eigenvalue weighted by molar-refractivity contribution is 4.60. The van der Waals surface area contributed by atoms with Crippen LogP contribution in [0.3, 0.4) is 0 Å². The first-order valence-electron chi connectivity index (χ1n) is 4.01. The van der Waals surface area contributed by atoms with Gasteiger partial charge in [-0.1, -0.05) is 4.39 Å². The Balaban J connectivity index is 5.08. The quantitative estimate of drug-likeness (QED) is 0.277. The van der Waals surface area contributed by atoms with Crippen LogP contribution in [0.25, 0.3) is 0 Å². The van der Waals surface area contributed by atoms with Gasteiger partial charge in [0.05, 0.1) is 6.04 Å². The van der Waals surface area contributed by atoms with Gasteiger partial charge in [0.25, 0.3) is 6.54 Å². The van der Waals surface area contributed by atoms with E-state index in [4.69, 9.17) is 0 Å². The molecule has 0 fully saturated rings. The largest absolute Gasteiger partial charge is 0.637 e. The second-order valence-corrected chi connectivity index (χ2v) is 3.16. The summed E-state index contributed by atoms with van der Waals surface area (Å²) >= 11 is 0. The Labute approximate surface area is 88.1 Å². The summed E-state index contributed by atoms with van der Waals surface area (Å²) in [6, 6.07) is -0.912. The first-order valence-corrected chi connectivity index (χ1v) is 4.01. The lowest BCUT2D eigenvalue weighted by Gasteiger charge is -2.18. The van der Waals surface area contributed by atoms with Crippen molar-refractivity contribution >= 4 is 0 Å². The average molecular weight is 240 g/mol. The molecule has 0 aromatic heterocycles. The highest BCUT2D eigenvalue weighted by Crippen LogP contribution is 2.16. The number of halogens is 1. The molecule has 0 aromatic carbocycles. The monoisotopic (exact) mass is 240 g/mol. The van der Waals surface area contributed by atoms with Gasteiger partial charge >= 0.3 is 5.92 Å². The molecule has 0 unspecified atom stereocenters. The Bertz CT molecular complexity index is 306. The fraction of sp³-hybridized carbons (Fsp3) is 1.00.